The fraction of sp³-hybridized carbons (Fsp3) is 0.0938. The first-order valence-corrected chi connectivity index (χ1v) is 12.0. The molecular formula is C32H24N2O. The molecule has 6 aromatic rings. The van der Waals surface area contributed by atoms with Gasteiger partial charge in [0, 0.05) is 22.4 Å². The lowest BCUT2D eigenvalue weighted by molar-refractivity contribution is 0.620. The number of fused-ring (bicyclic) bond motifs is 5. The molecule has 1 aliphatic rings. The van der Waals surface area contributed by atoms with Crippen LogP contribution in [0.2, 0.25) is 0 Å². The number of aromatic nitrogens is 1. The highest BCUT2D eigenvalue weighted by atomic mass is 16.3. The predicted octanol–water partition coefficient (Wildman–Crippen LogP) is 8.70. The van der Waals surface area contributed by atoms with Crippen molar-refractivity contribution >= 4 is 33.2 Å². The fourth-order valence-electron chi connectivity index (χ4n) is 5.36. The van der Waals surface area contributed by atoms with Gasteiger partial charge in [-0.05, 0) is 93.7 Å². The summed E-state index contributed by atoms with van der Waals surface area (Å²) in [7, 11) is 0. The SMILES string of the molecule is CC1(C)c2cc(Nc3ccc(-c4nc5ccccc5o4)cc3)ccc2-c2cc3ccccc3cc21. The van der Waals surface area contributed by atoms with Crippen LogP contribution in [0.15, 0.2) is 108 Å². The number of hydrogen-bond donors (Lipinski definition) is 1. The second-order valence-electron chi connectivity index (χ2n) is 9.82. The van der Waals surface area contributed by atoms with Crippen LogP contribution in [0.4, 0.5) is 11.4 Å². The predicted molar refractivity (Wildman–Crippen MR) is 144 cm³/mol. The molecule has 3 nitrogen and oxygen atoms in total. The Bertz CT molecular complexity index is 1710. The lowest BCUT2D eigenvalue weighted by Gasteiger charge is -2.22. The zero-order valence-corrected chi connectivity index (χ0v) is 19.7. The Hall–Kier alpha value is -4.37. The van der Waals surface area contributed by atoms with Gasteiger partial charge < -0.3 is 9.73 Å². The number of para-hydroxylation sites is 2. The van der Waals surface area contributed by atoms with Crippen molar-refractivity contribution in [2.45, 2.75) is 19.3 Å². The van der Waals surface area contributed by atoms with Gasteiger partial charge in [0.05, 0.1) is 0 Å². The van der Waals surface area contributed by atoms with Crippen molar-refractivity contribution < 1.29 is 4.42 Å². The van der Waals surface area contributed by atoms with Gasteiger partial charge >= 0.3 is 0 Å². The first-order chi connectivity index (χ1) is 17.1. The van der Waals surface area contributed by atoms with Crippen molar-refractivity contribution in [2.24, 2.45) is 0 Å². The molecule has 5 aromatic carbocycles. The summed E-state index contributed by atoms with van der Waals surface area (Å²) in [4.78, 5) is 4.60. The van der Waals surface area contributed by atoms with E-state index in [0.29, 0.717) is 5.89 Å². The monoisotopic (exact) mass is 452 g/mol. The Labute approximate surface area is 204 Å². The van der Waals surface area contributed by atoms with Crippen LogP contribution in [0.3, 0.4) is 0 Å². The lowest BCUT2D eigenvalue weighted by atomic mass is 9.82. The van der Waals surface area contributed by atoms with Crippen molar-refractivity contribution in [3.05, 3.63) is 114 Å². The summed E-state index contributed by atoms with van der Waals surface area (Å²) >= 11 is 0. The van der Waals surface area contributed by atoms with Crippen LogP contribution in [0.5, 0.6) is 0 Å². The number of rotatable bonds is 3. The molecular weight excluding hydrogens is 428 g/mol. The summed E-state index contributed by atoms with van der Waals surface area (Å²) in [6.45, 7) is 4.65. The van der Waals surface area contributed by atoms with Gasteiger partial charge in [-0.1, -0.05) is 56.3 Å². The van der Waals surface area contributed by atoms with Crippen LogP contribution in [0.1, 0.15) is 25.0 Å². The van der Waals surface area contributed by atoms with Crippen LogP contribution in [0.25, 0.3) is 44.5 Å². The molecule has 1 aliphatic carbocycles. The zero-order chi connectivity index (χ0) is 23.6. The van der Waals surface area contributed by atoms with E-state index in [9.17, 15) is 0 Å². The van der Waals surface area contributed by atoms with Crippen molar-refractivity contribution in [1.82, 2.24) is 4.98 Å². The molecule has 0 atom stereocenters. The molecule has 35 heavy (non-hydrogen) atoms. The number of oxazole rings is 1. The van der Waals surface area contributed by atoms with Crippen LogP contribution >= 0.6 is 0 Å². The van der Waals surface area contributed by atoms with Crippen LogP contribution in [0, 0.1) is 0 Å². The van der Waals surface area contributed by atoms with Crippen molar-refractivity contribution in [3.63, 3.8) is 0 Å². The molecule has 1 aromatic heterocycles. The normalized spacial score (nSPS) is 13.7. The molecule has 0 amide bonds. The molecule has 0 saturated heterocycles. The molecule has 3 heteroatoms. The van der Waals surface area contributed by atoms with Crippen molar-refractivity contribution in [2.75, 3.05) is 5.32 Å². The maximum atomic E-state index is 5.91. The third-order valence-corrected chi connectivity index (χ3v) is 7.26. The van der Waals surface area contributed by atoms with Gasteiger partial charge in [0.25, 0.3) is 0 Å². The molecule has 168 valence electrons. The van der Waals surface area contributed by atoms with Crippen LogP contribution < -0.4 is 5.32 Å². The molecule has 0 spiro atoms. The van der Waals surface area contributed by atoms with Crippen molar-refractivity contribution in [1.29, 1.82) is 0 Å². The van der Waals surface area contributed by atoms with E-state index in [-0.39, 0.29) is 5.41 Å². The molecule has 0 radical (unpaired) electrons. The summed E-state index contributed by atoms with van der Waals surface area (Å²) in [6, 6.07) is 36.1. The standard InChI is InChI=1S/C32H24N2O/c1-32(2)27-18-22-8-4-3-7-21(22)17-26(27)25-16-15-24(19-28(25)32)33-23-13-11-20(12-14-23)31-34-29-9-5-6-10-30(29)35-31/h3-19,33H,1-2H3. The molecule has 1 N–H and O–H groups in total. The molecule has 0 aliphatic heterocycles. The van der Waals surface area contributed by atoms with Gasteiger partial charge in [0.1, 0.15) is 5.52 Å². The van der Waals surface area contributed by atoms with Gasteiger partial charge in [-0.2, -0.15) is 0 Å². The maximum absolute atomic E-state index is 5.91. The Kier molecular flexibility index (Phi) is 4.19. The van der Waals surface area contributed by atoms with Gasteiger partial charge in [-0.3, -0.25) is 0 Å². The third-order valence-electron chi connectivity index (χ3n) is 7.26. The van der Waals surface area contributed by atoms with Gasteiger partial charge in [0.2, 0.25) is 5.89 Å². The van der Waals surface area contributed by atoms with E-state index in [1.54, 1.807) is 0 Å². The largest absolute Gasteiger partial charge is 0.436 e. The first kappa shape index (κ1) is 20.0. The summed E-state index contributed by atoms with van der Waals surface area (Å²) in [5.41, 5.74) is 10.1. The highest BCUT2D eigenvalue weighted by molar-refractivity contribution is 5.94. The number of anilines is 2. The minimum absolute atomic E-state index is 0.0524. The Morgan fingerprint density at radius 1 is 0.657 bits per heavy atom. The minimum atomic E-state index is -0.0524. The van der Waals surface area contributed by atoms with E-state index >= 15 is 0 Å². The third kappa shape index (κ3) is 3.16. The van der Waals surface area contributed by atoms with E-state index in [0.717, 1.165) is 28.0 Å². The number of benzene rings is 5. The number of nitrogens with one attached hydrogen (secondary N) is 1. The lowest BCUT2D eigenvalue weighted by Crippen LogP contribution is -2.15. The summed E-state index contributed by atoms with van der Waals surface area (Å²) in [6.07, 6.45) is 0. The number of hydrogen-bond acceptors (Lipinski definition) is 3. The molecule has 0 unspecified atom stereocenters. The van der Waals surface area contributed by atoms with Crippen molar-refractivity contribution in [3.8, 4) is 22.6 Å². The van der Waals surface area contributed by atoms with E-state index in [1.165, 1.54) is 33.0 Å². The van der Waals surface area contributed by atoms with Crippen LogP contribution in [-0.4, -0.2) is 4.98 Å². The minimum Gasteiger partial charge on any atom is -0.436 e. The van der Waals surface area contributed by atoms with E-state index < -0.39 is 0 Å². The zero-order valence-electron chi connectivity index (χ0n) is 19.7. The molecule has 0 saturated carbocycles. The summed E-state index contributed by atoms with van der Waals surface area (Å²) < 4.78 is 5.91. The highest BCUT2D eigenvalue weighted by Crippen LogP contribution is 2.50. The van der Waals surface area contributed by atoms with Crippen LogP contribution in [-0.2, 0) is 5.41 Å². The maximum Gasteiger partial charge on any atom is 0.227 e. The van der Waals surface area contributed by atoms with Gasteiger partial charge in [-0.15, -0.1) is 0 Å². The Balaban J connectivity index is 1.20. The molecule has 1 heterocycles. The molecule has 0 fully saturated rings. The second kappa shape index (κ2) is 7.31. The highest BCUT2D eigenvalue weighted by Gasteiger charge is 2.35. The average molecular weight is 453 g/mol. The first-order valence-electron chi connectivity index (χ1n) is 12.0. The molecule has 0 bridgehead atoms. The number of nitrogens with zero attached hydrogens (tertiary/aromatic N) is 1. The van der Waals surface area contributed by atoms with E-state index in [4.69, 9.17) is 4.42 Å². The topological polar surface area (TPSA) is 38.1 Å². The Morgan fingerprint density at radius 3 is 2.14 bits per heavy atom. The summed E-state index contributed by atoms with van der Waals surface area (Å²) in [5, 5.41) is 6.17. The summed E-state index contributed by atoms with van der Waals surface area (Å²) in [5.74, 6) is 0.641. The Morgan fingerprint density at radius 2 is 1.34 bits per heavy atom. The van der Waals surface area contributed by atoms with Gasteiger partial charge in [0.15, 0.2) is 5.58 Å². The fourth-order valence-corrected chi connectivity index (χ4v) is 5.36. The van der Waals surface area contributed by atoms with E-state index in [2.05, 4.69) is 90.9 Å². The second-order valence-corrected chi connectivity index (χ2v) is 9.82. The smallest absolute Gasteiger partial charge is 0.227 e. The average Bonchev–Trinajstić information content (AvgIpc) is 3.41. The molecule has 7 rings (SSSR count). The van der Waals surface area contributed by atoms with E-state index in [1.807, 2.05) is 36.4 Å². The quantitative estimate of drug-likeness (QED) is 0.292. The van der Waals surface area contributed by atoms with Gasteiger partial charge in [-0.25, -0.2) is 4.98 Å².